The minimum atomic E-state index is -3.68. The van der Waals surface area contributed by atoms with E-state index in [-0.39, 0.29) is 4.90 Å². The van der Waals surface area contributed by atoms with Crippen LogP contribution in [0.2, 0.25) is 0 Å². The van der Waals surface area contributed by atoms with Crippen molar-refractivity contribution in [3.8, 4) is 5.75 Å². The van der Waals surface area contributed by atoms with Crippen molar-refractivity contribution in [1.82, 2.24) is 0 Å². The van der Waals surface area contributed by atoms with Crippen LogP contribution >= 0.6 is 0 Å². The molecule has 0 radical (unpaired) electrons. The number of hydrogen-bond acceptors (Lipinski definition) is 4. The number of aryl methyl sites for hydroxylation is 1. The Morgan fingerprint density at radius 1 is 0.893 bits per heavy atom. The summed E-state index contributed by atoms with van der Waals surface area (Å²) in [5, 5.41) is 0. The number of carbonyl (C=O) groups is 1. The maximum absolute atomic E-state index is 12.4. The first-order valence-corrected chi connectivity index (χ1v) is 10.0. The molecular formula is C21H20N2O4S. The van der Waals surface area contributed by atoms with Crippen LogP contribution in [0.4, 0.5) is 16.2 Å². The van der Waals surface area contributed by atoms with Crippen LogP contribution in [0.15, 0.2) is 83.8 Å². The Hall–Kier alpha value is -3.32. The van der Waals surface area contributed by atoms with Crippen molar-refractivity contribution in [1.29, 1.82) is 0 Å². The normalized spacial score (nSPS) is 10.9. The molecule has 28 heavy (non-hydrogen) atoms. The molecule has 1 amide bonds. The number of nitrogens with zero attached hydrogens (tertiary/aromatic N) is 1. The molecular weight excluding hydrogens is 376 g/mol. The quantitative estimate of drug-likeness (QED) is 0.692. The summed E-state index contributed by atoms with van der Waals surface area (Å²) in [5.74, 6) is 0.311. The van der Waals surface area contributed by atoms with Crippen LogP contribution in [0.25, 0.3) is 0 Å². The van der Waals surface area contributed by atoms with Crippen molar-refractivity contribution in [3.05, 3.63) is 84.4 Å². The Morgan fingerprint density at radius 2 is 1.50 bits per heavy atom. The Balaban J connectivity index is 1.66. The third-order valence-electron chi connectivity index (χ3n) is 4.06. The molecule has 3 aromatic rings. The molecule has 0 aliphatic heterocycles. The Labute approximate surface area is 164 Å². The second-order valence-electron chi connectivity index (χ2n) is 6.21. The van der Waals surface area contributed by atoms with E-state index in [1.165, 1.54) is 29.2 Å². The lowest BCUT2D eigenvalue weighted by atomic mass is 10.2. The van der Waals surface area contributed by atoms with Crippen molar-refractivity contribution in [2.45, 2.75) is 11.8 Å². The molecule has 1 N–H and O–H groups in total. The zero-order valence-corrected chi connectivity index (χ0v) is 16.3. The minimum absolute atomic E-state index is 0.179. The van der Waals surface area contributed by atoms with Crippen LogP contribution in [-0.2, 0) is 10.0 Å². The van der Waals surface area contributed by atoms with Gasteiger partial charge in [-0.3, -0.25) is 9.62 Å². The molecule has 0 aliphatic rings. The van der Waals surface area contributed by atoms with Gasteiger partial charge in [-0.1, -0.05) is 35.9 Å². The molecule has 144 valence electrons. The van der Waals surface area contributed by atoms with Crippen molar-refractivity contribution in [2.75, 3.05) is 16.7 Å². The van der Waals surface area contributed by atoms with Crippen LogP contribution in [0, 0.1) is 6.92 Å². The number of amides is 1. The molecule has 0 fully saturated rings. The van der Waals surface area contributed by atoms with Crippen LogP contribution in [-0.4, -0.2) is 21.6 Å². The first kappa shape index (κ1) is 19.4. The summed E-state index contributed by atoms with van der Waals surface area (Å²) in [6.45, 7) is 1.89. The predicted octanol–water partition coefficient (Wildman–Crippen LogP) is 4.43. The number of sulfonamides is 1. The van der Waals surface area contributed by atoms with E-state index in [0.29, 0.717) is 17.1 Å². The van der Waals surface area contributed by atoms with Crippen molar-refractivity contribution < 1.29 is 17.9 Å². The first-order valence-electron chi connectivity index (χ1n) is 8.55. The van der Waals surface area contributed by atoms with Crippen molar-refractivity contribution in [2.24, 2.45) is 0 Å². The van der Waals surface area contributed by atoms with E-state index in [9.17, 15) is 13.2 Å². The summed E-state index contributed by atoms with van der Waals surface area (Å²) in [6, 6.07) is 21.8. The van der Waals surface area contributed by atoms with E-state index < -0.39 is 16.1 Å². The number of nitrogens with one attached hydrogen (secondary N) is 1. The highest BCUT2D eigenvalue weighted by Crippen LogP contribution is 2.21. The number of rotatable bonds is 5. The van der Waals surface area contributed by atoms with Gasteiger partial charge in [-0.05, 0) is 55.5 Å². The highest BCUT2D eigenvalue weighted by atomic mass is 32.2. The first-order chi connectivity index (χ1) is 13.3. The highest BCUT2D eigenvalue weighted by molar-refractivity contribution is 7.92. The zero-order valence-electron chi connectivity index (χ0n) is 15.5. The van der Waals surface area contributed by atoms with E-state index >= 15 is 0 Å². The summed E-state index contributed by atoms with van der Waals surface area (Å²) in [6.07, 6.45) is -0.542. The van der Waals surface area contributed by atoms with Gasteiger partial charge in [-0.25, -0.2) is 13.2 Å². The number of ether oxygens (including phenoxy) is 1. The summed E-state index contributed by atoms with van der Waals surface area (Å²) >= 11 is 0. The smallest absolute Gasteiger partial charge is 0.410 e. The molecule has 0 aromatic heterocycles. The molecule has 0 aliphatic carbocycles. The summed E-state index contributed by atoms with van der Waals surface area (Å²) in [7, 11) is -2.07. The van der Waals surface area contributed by atoms with Gasteiger partial charge < -0.3 is 4.74 Å². The van der Waals surface area contributed by atoms with Gasteiger partial charge in [0.2, 0.25) is 0 Å². The van der Waals surface area contributed by atoms with Crippen molar-refractivity contribution >= 4 is 27.5 Å². The molecule has 0 unspecified atom stereocenters. The standard InChI is InChI=1S/C21H20N2O4S/c1-16-8-14-20(15-9-16)28(25,26)22-17-10-12-19(13-11-17)27-21(24)23(2)18-6-4-3-5-7-18/h3-15,22H,1-2H3. The van der Waals surface area contributed by atoms with Crippen molar-refractivity contribution in [3.63, 3.8) is 0 Å². The lowest BCUT2D eigenvalue weighted by Crippen LogP contribution is -2.29. The maximum atomic E-state index is 12.4. The Bertz CT molecular complexity index is 1050. The van der Waals surface area contributed by atoms with Gasteiger partial charge in [0.25, 0.3) is 10.0 Å². The van der Waals surface area contributed by atoms with Gasteiger partial charge in [-0.2, -0.15) is 0 Å². The van der Waals surface area contributed by atoms with E-state index in [2.05, 4.69) is 4.72 Å². The molecule has 6 nitrogen and oxygen atoms in total. The number of anilines is 2. The number of para-hydroxylation sites is 1. The van der Waals surface area contributed by atoms with E-state index in [1.54, 1.807) is 43.4 Å². The molecule has 0 heterocycles. The second-order valence-corrected chi connectivity index (χ2v) is 7.89. The molecule has 3 rings (SSSR count). The van der Waals surface area contributed by atoms with Gasteiger partial charge in [-0.15, -0.1) is 0 Å². The molecule has 3 aromatic carbocycles. The second kappa shape index (κ2) is 8.14. The summed E-state index contributed by atoms with van der Waals surface area (Å²) in [5.41, 5.74) is 2.05. The molecule has 0 spiro atoms. The number of hydrogen-bond donors (Lipinski definition) is 1. The van der Waals surface area contributed by atoms with E-state index in [4.69, 9.17) is 4.74 Å². The van der Waals surface area contributed by atoms with E-state index in [1.807, 2.05) is 25.1 Å². The Morgan fingerprint density at radius 3 is 2.11 bits per heavy atom. The van der Waals surface area contributed by atoms with Gasteiger partial charge in [0.05, 0.1) is 4.90 Å². The molecule has 0 bridgehead atoms. The van der Waals surface area contributed by atoms with Crippen LogP contribution in [0.5, 0.6) is 5.75 Å². The lowest BCUT2D eigenvalue weighted by molar-refractivity contribution is 0.209. The molecule has 0 atom stereocenters. The summed E-state index contributed by atoms with van der Waals surface area (Å²) in [4.78, 5) is 13.8. The third-order valence-corrected chi connectivity index (χ3v) is 5.46. The lowest BCUT2D eigenvalue weighted by Gasteiger charge is -2.17. The fourth-order valence-corrected chi connectivity index (χ4v) is 3.51. The van der Waals surface area contributed by atoms with E-state index in [0.717, 1.165) is 5.56 Å². The number of carbonyl (C=O) groups excluding carboxylic acids is 1. The van der Waals surface area contributed by atoms with Gasteiger partial charge >= 0.3 is 6.09 Å². The monoisotopic (exact) mass is 396 g/mol. The zero-order chi connectivity index (χ0) is 20.1. The largest absolute Gasteiger partial charge is 0.419 e. The Kier molecular flexibility index (Phi) is 5.65. The maximum Gasteiger partial charge on any atom is 0.419 e. The predicted molar refractivity (Wildman–Crippen MR) is 109 cm³/mol. The minimum Gasteiger partial charge on any atom is -0.410 e. The average Bonchev–Trinajstić information content (AvgIpc) is 2.69. The fourth-order valence-electron chi connectivity index (χ4n) is 2.45. The van der Waals surface area contributed by atoms with Crippen LogP contribution in [0.3, 0.4) is 0 Å². The summed E-state index contributed by atoms with van der Waals surface area (Å²) < 4.78 is 32.7. The van der Waals surface area contributed by atoms with Crippen LogP contribution in [0.1, 0.15) is 5.56 Å². The molecule has 0 saturated heterocycles. The fraction of sp³-hybridized carbons (Fsp3) is 0.0952. The van der Waals surface area contributed by atoms with Crippen LogP contribution < -0.4 is 14.4 Å². The van der Waals surface area contributed by atoms with Gasteiger partial charge in [0.1, 0.15) is 5.75 Å². The average molecular weight is 396 g/mol. The molecule has 0 saturated carbocycles. The SMILES string of the molecule is Cc1ccc(S(=O)(=O)Nc2ccc(OC(=O)N(C)c3ccccc3)cc2)cc1. The topological polar surface area (TPSA) is 75.7 Å². The number of benzene rings is 3. The van der Waals surface area contributed by atoms with Gasteiger partial charge in [0, 0.05) is 18.4 Å². The third kappa shape index (κ3) is 4.69. The highest BCUT2D eigenvalue weighted by Gasteiger charge is 2.15. The van der Waals surface area contributed by atoms with Gasteiger partial charge in [0.15, 0.2) is 0 Å². The molecule has 7 heteroatoms.